The Morgan fingerprint density at radius 2 is 2.47 bits per heavy atom. The van der Waals surface area contributed by atoms with Gasteiger partial charge in [0.15, 0.2) is 0 Å². The molecule has 0 aromatic carbocycles. The SMILES string of the molecule is O=C(O)N1CCC[C@@H](n2cc(Br)cn2)C1. The molecule has 0 radical (unpaired) electrons. The van der Waals surface area contributed by atoms with Crippen LogP contribution in [0.2, 0.25) is 0 Å². The number of rotatable bonds is 1. The fourth-order valence-corrected chi connectivity index (χ4v) is 2.16. The molecule has 1 fully saturated rings. The molecule has 0 bridgehead atoms. The van der Waals surface area contributed by atoms with Gasteiger partial charge in [-0.2, -0.15) is 5.10 Å². The fraction of sp³-hybridized carbons (Fsp3) is 0.556. The van der Waals surface area contributed by atoms with Gasteiger partial charge in [-0.05, 0) is 28.8 Å². The van der Waals surface area contributed by atoms with E-state index >= 15 is 0 Å². The second-order valence-electron chi connectivity index (χ2n) is 3.66. The third kappa shape index (κ3) is 2.31. The number of piperidine rings is 1. The molecule has 0 unspecified atom stereocenters. The second-order valence-corrected chi connectivity index (χ2v) is 4.58. The zero-order valence-electron chi connectivity index (χ0n) is 8.14. The minimum Gasteiger partial charge on any atom is -0.465 e. The van der Waals surface area contributed by atoms with Crippen molar-refractivity contribution in [2.75, 3.05) is 13.1 Å². The predicted molar refractivity (Wildman–Crippen MR) is 57.8 cm³/mol. The highest BCUT2D eigenvalue weighted by molar-refractivity contribution is 9.10. The molecular formula is C9H12BrN3O2. The van der Waals surface area contributed by atoms with Gasteiger partial charge in [-0.25, -0.2) is 4.79 Å². The van der Waals surface area contributed by atoms with E-state index in [1.165, 1.54) is 4.90 Å². The first-order valence-electron chi connectivity index (χ1n) is 4.84. The molecule has 15 heavy (non-hydrogen) atoms. The van der Waals surface area contributed by atoms with Crippen molar-refractivity contribution in [2.24, 2.45) is 0 Å². The molecule has 1 aliphatic rings. The summed E-state index contributed by atoms with van der Waals surface area (Å²) in [7, 11) is 0. The number of aromatic nitrogens is 2. The van der Waals surface area contributed by atoms with Gasteiger partial charge in [-0.3, -0.25) is 4.68 Å². The zero-order valence-corrected chi connectivity index (χ0v) is 9.72. The summed E-state index contributed by atoms with van der Waals surface area (Å²) in [5.74, 6) is 0. The number of amides is 1. The number of likely N-dealkylation sites (tertiary alicyclic amines) is 1. The summed E-state index contributed by atoms with van der Waals surface area (Å²) < 4.78 is 2.76. The van der Waals surface area contributed by atoms with E-state index in [-0.39, 0.29) is 6.04 Å². The van der Waals surface area contributed by atoms with Crippen molar-refractivity contribution in [3.05, 3.63) is 16.9 Å². The van der Waals surface area contributed by atoms with E-state index in [0.29, 0.717) is 13.1 Å². The van der Waals surface area contributed by atoms with Gasteiger partial charge in [-0.1, -0.05) is 0 Å². The van der Waals surface area contributed by atoms with E-state index < -0.39 is 6.09 Å². The van der Waals surface area contributed by atoms with Crippen LogP contribution in [0.5, 0.6) is 0 Å². The molecule has 82 valence electrons. The number of halogens is 1. The maximum absolute atomic E-state index is 10.8. The van der Waals surface area contributed by atoms with Gasteiger partial charge < -0.3 is 10.0 Å². The quantitative estimate of drug-likeness (QED) is 0.851. The molecule has 0 saturated carbocycles. The minimum absolute atomic E-state index is 0.168. The van der Waals surface area contributed by atoms with Crippen LogP contribution >= 0.6 is 15.9 Å². The highest BCUT2D eigenvalue weighted by atomic mass is 79.9. The van der Waals surface area contributed by atoms with Crippen molar-refractivity contribution in [1.82, 2.24) is 14.7 Å². The van der Waals surface area contributed by atoms with Crippen LogP contribution in [0.1, 0.15) is 18.9 Å². The second kappa shape index (κ2) is 4.22. The maximum atomic E-state index is 10.8. The summed E-state index contributed by atoms with van der Waals surface area (Å²) >= 11 is 3.33. The summed E-state index contributed by atoms with van der Waals surface area (Å²) in [6.07, 6.45) is 4.65. The Kier molecular flexibility index (Phi) is 2.95. The van der Waals surface area contributed by atoms with Crippen LogP contribution in [-0.2, 0) is 0 Å². The number of carboxylic acid groups (broad SMARTS) is 1. The third-order valence-corrected chi connectivity index (χ3v) is 3.02. The number of hydrogen-bond acceptors (Lipinski definition) is 2. The minimum atomic E-state index is -0.842. The van der Waals surface area contributed by atoms with Crippen LogP contribution in [0.4, 0.5) is 4.79 Å². The lowest BCUT2D eigenvalue weighted by Crippen LogP contribution is -2.39. The van der Waals surface area contributed by atoms with E-state index in [0.717, 1.165) is 17.3 Å². The van der Waals surface area contributed by atoms with E-state index in [1.54, 1.807) is 6.20 Å². The van der Waals surface area contributed by atoms with Crippen molar-refractivity contribution in [2.45, 2.75) is 18.9 Å². The number of nitrogens with zero attached hydrogens (tertiary/aromatic N) is 3. The fourth-order valence-electron chi connectivity index (χ4n) is 1.86. The molecule has 1 saturated heterocycles. The maximum Gasteiger partial charge on any atom is 0.407 e. The van der Waals surface area contributed by atoms with E-state index in [1.807, 2.05) is 10.9 Å². The Balaban J connectivity index is 2.07. The molecule has 1 aromatic heterocycles. The first-order chi connectivity index (χ1) is 7.16. The van der Waals surface area contributed by atoms with Crippen molar-refractivity contribution in [3.8, 4) is 0 Å². The van der Waals surface area contributed by atoms with Gasteiger partial charge in [0.05, 0.1) is 16.7 Å². The molecular weight excluding hydrogens is 262 g/mol. The van der Waals surface area contributed by atoms with Crippen molar-refractivity contribution >= 4 is 22.0 Å². The van der Waals surface area contributed by atoms with Crippen LogP contribution in [-0.4, -0.2) is 39.0 Å². The molecule has 6 heteroatoms. The van der Waals surface area contributed by atoms with Crippen LogP contribution in [0.15, 0.2) is 16.9 Å². The average Bonchev–Trinajstić information content (AvgIpc) is 2.65. The van der Waals surface area contributed by atoms with Gasteiger partial charge in [-0.15, -0.1) is 0 Å². The van der Waals surface area contributed by atoms with Gasteiger partial charge in [0.2, 0.25) is 0 Å². The lowest BCUT2D eigenvalue weighted by Gasteiger charge is -2.30. The van der Waals surface area contributed by atoms with Gasteiger partial charge in [0.25, 0.3) is 0 Å². The van der Waals surface area contributed by atoms with Gasteiger partial charge in [0.1, 0.15) is 0 Å². The average molecular weight is 274 g/mol. The number of hydrogen-bond donors (Lipinski definition) is 1. The van der Waals surface area contributed by atoms with Crippen molar-refractivity contribution < 1.29 is 9.90 Å². The summed E-state index contributed by atoms with van der Waals surface area (Å²) in [6, 6.07) is 0.168. The van der Waals surface area contributed by atoms with Crippen molar-refractivity contribution in [1.29, 1.82) is 0 Å². The third-order valence-electron chi connectivity index (χ3n) is 2.61. The van der Waals surface area contributed by atoms with Gasteiger partial charge >= 0.3 is 6.09 Å². The molecule has 0 aliphatic carbocycles. The first-order valence-corrected chi connectivity index (χ1v) is 5.63. The molecule has 2 rings (SSSR count). The van der Waals surface area contributed by atoms with E-state index in [4.69, 9.17) is 5.11 Å². The van der Waals surface area contributed by atoms with E-state index in [9.17, 15) is 4.79 Å². The smallest absolute Gasteiger partial charge is 0.407 e. The topological polar surface area (TPSA) is 58.4 Å². The summed E-state index contributed by atoms with van der Waals surface area (Å²) in [4.78, 5) is 12.3. The predicted octanol–water partition coefficient (Wildman–Crippen LogP) is 1.96. The Morgan fingerprint density at radius 3 is 3.07 bits per heavy atom. The largest absolute Gasteiger partial charge is 0.465 e. The van der Waals surface area contributed by atoms with Crippen molar-refractivity contribution in [3.63, 3.8) is 0 Å². The molecule has 1 aliphatic heterocycles. The summed E-state index contributed by atoms with van der Waals surface area (Å²) in [5.41, 5.74) is 0. The normalized spacial score (nSPS) is 21.7. The molecule has 1 aromatic rings. The Hall–Kier alpha value is -1.04. The molecule has 1 amide bonds. The highest BCUT2D eigenvalue weighted by Crippen LogP contribution is 2.22. The van der Waals surface area contributed by atoms with Crippen LogP contribution in [0.3, 0.4) is 0 Å². The van der Waals surface area contributed by atoms with Crippen LogP contribution in [0, 0.1) is 0 Å². The van der Waals surface area contributed by atoms with E-state index in [2.05, 4.69) is 21.0 Å². The summed E-state index contributed by atoms with van der Waals surface area (Å²) in [6.45, 7) is 1.16. The number of carbonyl (C=O) groups is 1. The lowest BCUT2D eigenvalue weighted by molar-refractivity contribution is 0.119. The van der Waals surface area contributed by atoms with Crippen LogP contribution in [0.25, 0.3) is 0 Å². The van der Waals surface area contributed by atoms with Crippen LogP contribution < -0.4 is 0 Å². The molecule has 5 nitrogen and oxygen atoms in total. The Labute approximate surface area is 95.8 Å². The Morgan fingerprint density at radius 1 is 1.67 bits per heavy atom. The first kappa shape index (κ1) is 10.5. The highest BCUT2D eigenvalue weighted by Gasteiger charge is 2.24. The standard InChI is InChI=1S/C9H12BrN3O2/c10-7-4-11-13(5-7)8-2-1-3-12(6-8)9(14)15/h4-5,8H,1-3,6H2,(H,14,15)/t8-/m1/s1. The lowest BCUT2D eigenvalue weighted by atomic mass is 10.1. The van der Waals surface area contributed by atoms with Gasteiger partial charge in [0, 0.05) is 19.3 Å². The molecule has 0 spiro atoms. The molecule has 2 heterocycles. The monoisotopic (exact) mass is 273 g/mol. The Bertz CT molecular complexity index is 366. The zero-order chi connectivity index (χ0) is 10.8. The molecule has 1 N–H and O–H groups in total. The summed E-state index contributed by atoms with van der Waals surface area (Å²) in [5, 5.41) is 13.1. The molecule has 1 atom stereocenters.